The van der Waals surface area contributed by atoms with Gasteiger partial charge in [-0.3, -0.25) is 5.10 Å². The van der Waals surface area contributed by atoms with E-state index in [4.69, 9.17) is 0 Å². The Morgan fingerprint density at radius 1 is 1.11 bits per heavy atom. The maximum atomic E-state index is 13.8. The smallest absolute Gasteiger partial charge is 0.303 e. The van der Waals surface area contributed by atoms with Crippen molar-refractivity contribution in [1.29, 1.82) is 0 Å². The second kappa shape index (κ2) is 6.36. The summed E-state index contributed by atoms with van der Waals surface area (Å²) in [5.41, 5.74) is 0.971. The summed E-state index contributed by atoms with van der Waals surface area (Å²) >= 11 is 0. The molecule has 0 amide bonds. The summed E-state index contributed by atoms with van der Waals surface area (Å²) in [7, 11) is 0. The van der Waals surface area contributed by atoms with Crippen molar-refractivity contribution >= 4 is 5.65 Å². The molecule has 6 nitrogen and oxygen atoms in total. The number of rotatable bonds is 3. The molecular weight excluding hydrogens is 383 g/mol. The molecule has 0 saturated heterocycles. The van der Waals surface area contributed by atoms with Crippen molar-refractivity contribution < 1.29 is 22.0 Å². The van der Waals surface area contributed by atoms with E-state index < -0.39 is 23.6 Å². The Hall–Kier alpha value is -3.37. The van der Waals surface area contributed by atoms with E-state index in [0.29, 0.717) is 16.9 Å². The number of nitrogens with one attached hydrogen (secondary N) is 1. The average Bonchev–Trinajstić information content (AvgIpc) is 3.28. The second-order valence-electron chi connectivity index (χ2n) is 6.10. The van der Waals surface area contributed by atoms with Crippen LogP contribution in [0.4, 0.5) is 22.0 Å². The van der Waals surface area contributed by atoms with Crippen LogP contribution in [0.5, 0.6) is 0 Å². The van der Waals surface area contributed by atoms with Crippen LogP contribution < -0.4 is 0 Å². The minimum absolute atomic E-state index is 0.0129. The summed E-state index contributed by atoms with van der Waals surface area (Å²) in [6.45, 7) is 1.32. The van der Waals surface area contributed by atoms with Gasteiger partial charge in [0, 0.05) is 30.6 Å². The maximum Gasteiger partial charge on any atom is 0.451 e. The largest absolute Gasteiger partial charge is 0.451 e. The lowest BCUT2D eigenvalue weighted by molar-refractivity contribution is -0.144. The summed E-state index contributed by atoms with van der Waals surface area (Å²) in [6.07, 6.45) is -0.202. The number of aromatic amines is 1. The predicted octanol–water partition coefficient (Wildman–Crippen LogP) is 3.71. The van der Waals surface area contributed by atoms with Crippen molar-refractivity contribution in [2.75, 3.05) is 0 Å². The molecule has 0 unspecified atom stereocenters. The monoisotopic (exact) mass is 394 g/mol. The summed E-state index contributed by atoms with van der Waals surface area (Å²) < 4.78 is 67.5. The fraction of sp³-hybridized carbons (Fsp3) is 0.176. The quantitative estimate of drug-likeness (QED) is 0.538. The third-order valence-electron chi connectivity index (χ3n) is 4.14. The number of H-pyrrole nitrogens is 1. The molecule has 1 aromatic carbocycles. The Morgan fingerprint density at radius 3 is 2.46 bits per heavy atom. The number of hydrogen-bond acceptors (Lipinski definition) is 4. The lowest BCUT2D eigenvalue weighted by Crippen LogP contribution is -2.07. The highest BCUT2D eigenvalue weighted by Crippen LogP contribution is 2.27. The van der Waals surface area contributed by atoms with Gasteiger partial charge in [-0.05, 0) is 24.6 Å². The van der Waals surface area contributed by atoms with E-state index in [9.17, 15) is 22.0 Å². The standard InChI is InChI=1S/C17H11F5N6/c1-8-10(18)4-9(5-11(8)19)6-12-15-23-2-3-28(15)7-13(24-12)14-25-16(27-26-14)17(20,21)22/h2-5,7H,6H2,1H3,(H,25,26,27). The molecule has 1 N–H and O–H groups in total. The molecule has 0 aliphatic carbocycles. The molecule has 4 aromatic rings. The fourth-order valence-electron chi connectivity index (χ4n) is 2.72. The average molecular weight is 394 g/mol. The van der Waals surface area contributed by atoms with Crippen molar-refractivity contribution in [3.05, 3.63) is 65.0 Å². The number of aromatic nitrogens is 6. The van der Waals surface area contributed by atoms with Crippen LogP contribution in [0.25, 0.3) is 17.2 Å². The van der Waals surface area contributed by atoms with E-state index in [1.807, 2.05) is 5.10 Å². The van der Waals surface area contributed by atoms with Crippen LogP contribution in [0.1, 0.15) is 22.6 Å². The highest BCUT2D eigenvalue weighted by Gasteiger charge is 2.35. The molecule has 144 valence electrons. The second-order valence-corrected chi connectivity index (χ2v) is 6.10. The summed E-state index contributed by atoms with van der Waals surface area (Å²) in [5.74, 6) is -2.91. The van der Waals surface area contributed by atoms with Crippen LogP contribution >= 0.6 is 0 Å². The number of benzene rings is 1. The molecule has 4 rings (SSSR count). The predicted molar refractivity (Wildman–Crippen MR) is 87.3 cm³/mol. The van der Waals surface area contributed by atoms with Crippen molar-refractivity contribution in [1.82, 2.24) is 29.5 Å². The molecule has 3 heterocycles. The van der Waals surface area contributed by atoms with Gasteiger partial charge >= 0.3 is 6.18 Å². The lowest BCUT2D eigenvalue weighted by Gasteiger charge is -2.08. The lowest BCUT2D eigenvalue weighted by atomic mass is 10.1. The first kappa shape index (κ1) is 18.0. The SMILES string of the molecule is Cc1c(F)cc(Cc2nc(-c3n[nH]c(C(F)(F)F)n3)cn3ccnc23)cc1F. The van der Waals surface area contributed by atoms with Gasteiger partial charge in [-0.2, -0.15) is 18.3 Å². The molecule has 0 fully saturated rings. The first-order valence-corrected chi connectivity index (χ1v) is 7.99. The fourth-order valence-corrected chi connectivity index (χ4v) is 2.72. The summed E-state index contributed by atoms with van der Waals surface area (Å²) in [6, 6.07) is 2.36. The molecule has 0 bridgehead atoms. The third kappa shape index (κ3) is 3.19. The first-order valence-electron chi connectivity index (χ1n) is 7.99. The number of halogens is 5. The third-order valence-corrected chi connectivity index (χ3v) is 4.14. The molecular formula is C17H11F5N6. The summed E-state index contributed by atoms with van der Waals surface area (Å²) in [4.78, 5) is 11.8. The van der Waals surface area contributed by atoms with Crippen LogP contribution in [-0.4, -0.2) is 29.5 Å². The molecule has 0 aliphatic rings. The minimum Gasteiger partial charge on any atom is -0.303 e. The van der Waals surface area contributed by atoms with Crippen LogP contribution in [-0.2, 0) is 12.6 Å². The van der Waals surface area contributed by atoms with Crippen molar-refractivity contribution in [2.45, 2.75) is 19.5 Å². The zero-order valence-corrected chi connectivity index (χ0v) is 14.2. The minimum atomic E-state index is -4.68. The van der Waals surface area contributed by atoms with E-state index in [-0.39, 0.29) is 23.5 Å². The van der Waals surface area contributed by atoms with Gasteiger partial charge in [0.25, 0.3) is 0 Å². The van der Waals surface area contributed by atoms with Crippen LogP contribution in [0.3, 0.4) is 0 Å². The van der Waals surface area contributed by atoms with Gasteiger partial charge in [0.2, 0.25) is 11.6 Å². The van der Waals surface area contributed by atoms with Gasteiger partial charge < -0.3 is 4.40 Å². The number of fused-ring (bicyclic) bond motifs is 1. The number of alkyl halides is 3. The Morgan fingerprint density at radius 2 is 1.82 bits per heavy atom. The van der Waals surface area contributed by atoms with Gasteiger partial charge in [0.15, 0.2) is 5.65 Å². The molecule has 3 aromatic heterocycles. The van der Waals surface area contributed by atoms with Crippen LogP contribution in [0, 0.1) is 18.6 Å². The Bertz CT molecular complexity index is 1150. The Balaban J connectivity index is 1.79. The molecule has 0 radical (unpaired) electrons. The van der Waals surface area contributed by atoms with Gasteiger partial charge in [-0.25, -0.2) is 23.7 Å². The molecule has 0 spiro atoms. The maximum absolute atomic E-state index is 13.8. The van der Waals surface area contributed by atoms with Crippen LogP contribution in [0.15, 0.2) is 30.7 Å². The van der Waals surface area contributed by atoms with Gasteiger partial charge in [0.05, 0.1) is 5.69 Å². The first-order chi connectivity index (χ1) is 13.2. The van der Waals surface area contributed by atoms with Crippen molar-refractivity contribution in [2.24, 2.45) is 0 Å². The highest BCUT2D eigenvalue weighted by molar-refractivity contribution is 5.55. The zero-order valence-electron chi connectivity index (χ0n) is 14.2. The Kier molecular flexibility index (Phi) is 4.09. The van der Waals surface area contributed by atoms with Crippen molar-refractivity contribution in [3.8, 4) is 11.5 Å². The van der Waals surface area contributed by atoms with E-state index in [0.717, 1.165) is 0 Å². The van der Waals surface area contributed by atoms with E-state index in [1.165, 1.54) is 35.9 Å². The number of nitrogens with zero attached hydrogens (tertiary/aromatic N) is 5. The number of imidazole rings is 1. The molecule has 0 atom stereocenters. The highest BCUT2D eigenvalue weighted by atomic mass is 19.4. The number of hydrogen-bond donors (Lipinski definition) is 1. The van der Waals surface area contributed by atoms with Gasteiger partial charge in [-0.15, -0.1) is 0 Å². The van der Waals surface area contributed by atoms with Gasteiger partial charge in [-0.1, -0.05) is 0 Å². The molecule has 0 aliphatic heterocycles. The van der Waals surface area contributed by atoms with Gasteiger partial charge in [0.1, 0.15) is 17.3 Å². The van der Waals surface area contributed by atoms with E-state index >= 15 is 0 Å². The Labute approximate surface area is 154 Å². The zero-order chi connectivity index (χ0) is 20.1. The van der Waals surface area contributed by atoms with E-state index in [2.05, 4.69) is 20.1 Å². The topological polar surface area (TPSA) is 71.8 Å². The summed E-state index contributed by atoms with van der Waals surface area (Å²) in [5, 5.41) is 5.39. The normalized spacial score (nSPS) is 12.1. The van der Waals surface area contributed by atoms with Crippen LogP contribution in [0.2, 0.25) is 0 Å². The molecule has 28 heavy (non-hydrogen) atoms. The van der Waals surface area contributed by atoms with Crippen molar-refractivity contribution in [3.63, 3.8) is 0 Å². The molecule has 11 heteroatoms. The van der Waals surface area contributed by atoms with E-state index in [1.54, 1.807) is 6.20 Å². The molecule has 0 saturated carbocycles.